The molecule has 6 nitrogen and oxygen atoms in total. The van der Waals surface area contributed by atoms with Gasteiger partial charge >= 0.3 is 0 Å². The topological polar surface area (TPSA) is 70.6 Å². The number of rotatable bonds is 6. The summed E-state index contributed by atoms with van der Waals surface area (Å²) in [5.74, 6) is 0.752. The van der Waals surface area contributed by atoms with E-state index in [0.29, 0.717) is 25.4 Å². The number of carbonyl (C=O) groups is 1. The van der Waals surface area contributed by atoms with Crippen LogP contribution in [0.4, 0.5) is 0 Å². The summed E-state index contributed by atoms with van der Waals surface area (Å²) in [5, 5.41) is 2.60. The van der Waals surface area contributed by atoms with Crippen LogP contribution in [-0.2, 0) is 34.3 Å². The van der Waals surface area contributed by atoms with Crippen molar-refractivity contribution in [2.75, 3.05) is 13.6 Å². The third kappa shape index (κ3) is 4.07. The number of thiazole rings is 1. The Balaban J connectivity index is 1.52. The molecule has 1 aliphatic heterocycles. The number of sulfonamides is 1. The second kappa shape index (κ2) is 7.33. The summed E-state index contributed by atoms with van der Waals surface area (Å²) in [5.41, 5.74) is 2.07. The number of hydrogen-bond acceptors (Lipinski definition) is 5. The van der Waals surface area contributed by atoms with Crippen molar-refractivity contribution in [3.63, 3.8) is 0 Å². The van der Waals surface area contributed by atoms with Crippen molar-refractivity contribution in [2.45, 2.75) is 43.7 Å². The van der Waals surface area contributed by atoms with Crippen molar-refractivity contribution >= 4 is 27.3 Å². The standard InChI is InChI=1S/C19H23N3O3S2/c1-21(13-18-20-7-9-26-18)27(24,25)17-5-4-15-6-8-22(12-16(15)11-17)19(23)10-14-2-3-14/h4-5,7,9,11,14H,2-3,6,8,10,12-13H2,1H3. The van der Waals surface area contributed by atoms with E-state index in [1.807, 2.05) is 16.3 Å². The first-order chi connectivity index (χ1) is 12.9. The zero-order chi connectivity index (χ0) is 19.0. The fourth-order valence-electron chi connectivity index (χ4n) is 3.39. The third-order valence-corrected chi connectivity index (χ3v) is 7.82. The SMILES string of the molecule is CN(Cc1nccs1)S(=O)(=O)c1ccc2c(c1)CN(C(=O)CC1CC1)CC2. The van der Waals surface area contributed by atoms with Crippen molar-refractivity contribution in [3.05, 3.63) is 45.9 Å². The fraction of sp³-hybridized carbons (Fsp3) is 0.474. The van der Waals surface area contributed by atoms with E-state index >= 15 is 0 Å². The minimum atomic E-state index is -3.60. The number of nitrogens with zero attached hydrogens (tertiary/aromatic N) is 3. The van der Waals surface area contributed by atoms with E-state index in [9.17, 15) is 13.2 Å². The zero-order valence-corrected chi connectivity index (χ0v) is 16.9. The van der Waals surface area contributed by atoms with Crippen LogP contribution in [0.2, 0.25) is 0 Å². The van der Waals surface area contributed by atoms with E-state index in [1.165, 1.54) is 15.6 Å². The van der Waals surface area contributed by atoms with Crippen molar-refractivity contribution < 1.29 is 13.2 Å². The molecular weight excluding hydrogens is 382 g/mol. The molecule has 1 aliphatic carbocycles. The van der Waals surface area contributed by atoms with Crippen molar-refractivity contribution in [1.82, 2.24) is 14.2 Å². The second-order valence-electron chi connectivity index (χ2n) is 7.33. The van der Waals surface area contributed by atoms with Gasteiger partial charge in [0.2, 0.25) is 15.9 Å². The summed E-state index contributed by atoms with van der Waals surface area (Å²) in [7, 11) is -2.03. The number of carbonyl (C=O) groups excluding carboxylic acids is 1. The number of amides is 1. The lowest BCUT2D eigenvalue weighted by Gasteiger charge is -2.29. The number of aromatic nitrogens is 1. The van der Waals surface area contributed by atoms with Crippen molar-refractivity contribution in [1.29, 1.82) is 0 Å². The van der Waals surface area contributed by atoms with Gasteiger partial charge in [-0.3, -0.25) is 4.79 Å². The molecule has 4 rings (SSSR count). The first-order valence-electron chi connectivity index (χ1n) is 9.18. The third-order valence-electron chi connectivity index (χ3n) is 5.25. The van der Waals surface area contributed by atoms with Crippen LogP contribution in [0.3, 0.4) is 0 Å². The maximum atomic E-state index is 12.9. The average Bonchev–Trinajstić information content (AvgIpc) is 3.32. The molecule has 8 heteroatoms. The van der Waals surface area contributed by atoms with Gasteiger partial charge in [-0.1, -0.05) is 6.07 Å². The Morgan fingerprint density at radius 1 is 1.33 bits per heavy atom. The van der Waals surface area contributed by atoms with E-state index < -0.39 is 10.0 Å². The molecule has 0 radical (unpaired) electrons. The van der Waals surface area contributed by atoms with Crippen LogP contribution in [0.15, 0.2) is 34.7 Å². The fourth-order valence-corrected chi connectivity index (χ4v) is 5.33. The Morgan fingerprint density at radius 2 is 2.15 bits per heavy atom. The van der Waals surface area contributed by atoms with Gasteiger partial charge in [0.25, 0.3) is 0 Å². The van der Waals surface area contributed by atoms with Crippen LogP contribution in [0, 0.1) is 5.92 Å². The minimum absolute atomic E-state index is 0.192. The lowest BCUT2D eigenvalue weighted by molar-refractivity contribution is -0.132. The zero-order valence-electron chi connectivity index (χ0n) is 15.3. The molecule has 0 bridgehead atoms. The Kier molecular flexibility index (Phi) is 5.05. The summed E-state index contributed by atoms with van der Waals surface area (Å²) in [4.78, 5) is 18.7. The molecule has 1 aromatic carbocycles. The summed E-state index contributed by atoms with van der Waals surface area (Å²) in [6.07, 6.45) is 5.39. The molecule has 0 saturated heterocycles. The predicted octanol–water partition coefficient (Wildman–Crippen LogP) is 2.65. The maximum absolute atomic E-state index is 12.9. The number of hydrogen-bond donors (Lipinski definition) is 0. The molecule has 144 valence electrons. The van der Waals surface area contributed by atoms with Gasteiger partial charge in [-0.2, -0.15) is 4.31 Å². The molecule has 2 aromatic rings. The Hall–Kier alpha value is -1.77. The molecule has 0 spiro atoms. The first-order valence-corrected chi connectivity index (χ1v) is 11.5. The summed E-state index contributed by atoms with van der Waals surface area (Å²) >= 11 is 1.44. The Bertz CT molecular complexity index is 937. The van der Waals surface area contributed by atoms with E-state index in [-0.39, 0.29) is 17.3 Å². The van der Waals surface area contributed by atoms with Crippen LogP contribution < -0.4 is 0 Å². The van der Waals surface area contributed by atoms with Gasteiger partial charge in [-0.05, 0) is 48.4 Å². The van der Waals surface area contributed by atoms with Gasteiger partial charge < -0.3 is 4.90 Å². The van der Waals surface area contributed by atoms with Gasteiger partial charge in [0.1, 0.15) is 5.01 Å². The van der Waals surface area contributed by atoms with Gasteiger partial charge in [0, 0.05) is 38.1 Å². The van der Waals surface area contributed by atoms with Crippen molar-refractivity contribution in [2.24, 2.45) is 5.92 Å². The monoisotopic (exact) mass is 405 g/mol. The van der Waals surface area contributed by atoms with Crippen LogP contribution in [0.5, 0.6) is 0 Å². The highest BCUT2D eigenvalue weighted by atomic mass is 32.2. The highest BCUT2D eigenvalue weighted by Gasteiger charge is 2.29. The Labute approximate surface area is 163 Å². The number of fused-ring (bicyclic) bond motifs is 1. The molecule has 1 aromatic heterocycles. The summed E-state index contributed by atoms with van der Waals surface area (Å²) in [6, 6.07) is 5.30. The minimum Gasteiger partial charge on any atom is -0.338 e. The molecule has 27 heavy (non-hydrogen) atoms. The molecule has 2 heterocycles. The molecule has 2 aliphatic rings. The molecular formula is C19H23N3O3S2. The van der Waals surface area contributed by atoms with Crippen LogP contribution in [-0.4, -0.2) is 42.1 Å². The van der Waals surface area contributed by atoms with E-state index in [2.05, 4.69) is 4.98 Å². The van der Waals surface area contributed by atoms with Crippen LogP contribution in [0.25, 0.3) is 0 Å². The average molecular weight is 406 g/mol. The van der Waals surface area contributed by atoms with Crippen LogP contribution in [0.1, 0.15) is 35.4 Å². The first kappa shape index (κ1) is 18.6. The van der Waals surface area contributed by atoms with Gasteiger partial charge in [0.15, 0.2) is 0 Å². The predicted molar refractivity (Wildman–Crippen MR) is 104 cm³/mol. The highest BCUT2D eigenvalue weighted by Crippen LogP contribution is 2.34. The molecule has 0 atom stereocenters. The maximum Gasteiger partial charge on any atom is 0.243 e. The lowest BCUT2D eigenvalue weighted by atomic mass is 9.99. The van der Waals surface area contributed by atoms with E-state index in [1.54, 1.807) is 25.4 Å². The second-order valence-corrected chi connectivity index (χ2v) is 10.4. The van der Waals surface area contributed by atoms with Gasteiger partial charge in [-0.25, -0.2) is 13.4 Å². The quantitative estimate of drug-likeness (QED) is 0.741. The largest absolute Gasteiger partial charge is 0.338 e. The lowest BCUT2D eigenvalue weighted by Crippen LogP contribution is -2.36. The summed E-state index contributed by atoms with van der Waals surface area (Å²) in [6.45, 7) is 1.47. The molecule has 1 amide bonds. The molecule has 1 fully saturated rings. The van der Waals surface area contributed by atoms with E-state index in [4.69, 9.17) is 0 Å². The smallest absolute Gasteiger partial charge is 0.243 e. The van der Waals surface area contributed by atoms with Gasteiger partial charge in [-0.15, -0.1) is 11.3 Å². The van der Waals surface area contributed by atoms with Gasteiger partial charge in [0.05, 0.1) is 11.4 Å². The molecule has 1 saturated carbocycles. The normalized spacial score (nSPS) is 17.2. The Morgan fingerprint density at radius 3 is 2.85 bits per heavy atom. The molecule has 0 N–H and O–H groups in total. The highest BCUT2D eigenvalue weighted by molar-refractivity contribution is 7.89. The van der Waals surface area contributed by atoms with Crippen LogP contribution >= 0.6 is 11.3 Å². The van der Waals surface area contributed by atoms with Crippen molar-refractivity contribution in [3.8, 4) is 0 Å². The van der Waals surface area contributed by atoms with E-state index in [0.717, 1.165) is 35.4 Å². The summed E-state index contributed by atoms with van der Waals surface area (Å²) < 4.78 is 27.2. The number of benzene rings is 1. The molecule has 0 unspecified atom stereocenters.